The first-order valence-electron chi connectivity index (χ1n) is 7.32. The van der Waals surface area contributed by atoms with Crippen LogP contribution >= 0.6 is 35.3 Å². The molecule has 7 heteroatoms. The number of benzene rings is 2. The molecule has 1 aromatic heterocycles. The number of hydrogen-bond donors (Lipinski definition) is 0. The predicted molar refractivity (Wildman–Crippen MR) is 101 cm³/mol. The highest BCUT2D eigenvalue weighted by atomic mass is 32.2. The van der Waals surface area contributed by atoms with Gasteiger partial charge in [-0.3, -0.25) is 0 Å². The van der Waals surface area contributed by atoms with Crippen molar-refractivity contribution >= 4 is 35.3 Å². The van der Waals surface area contributed by atoms with Gasteiger partial charge in [-0.2, -0.15) is 0 Å². The van der Waals surface area contributed by atoms with Gasteiger partial charge in [0.1, 0.15) is 0 Å². The molecule has 0 amide bonds. The molecule has 0 saturated carbocycles. The highest BCUT2D eigenvalue weighted by Crippen LogP contribution is 2.27. The molecule has 124 valence electrons. The molecular formula is C17H16N2O2S3. The largest absolute Gasteiger partial charge is 0.493 e. The Labute approximate surface area is 154 Å². The average molecular weight is 377 g/mol. The van der Waals surface area contributed by atoms with Crippen molar-refractivity contribution in [2.75, 3.05) is 19.5 Å². The third kappa shape index (κ3) is 4.17. The molecule has 0 spiro atoms. The fourth-order valence-corrected chi connectivity index (χ4v) is 4.32. The van der Waals surface area contributed by atoms with Crippen LogP contribution in [0.2, 0.25) is 0 Å². The summed E-state index contributed by atoms with van der Waals surface area (Å²) < 4.78 is 14.5. The zero-order chi connectivity index (χ0) is 16.8. The van der Waals surface area contributed by atoms with Gasteiger partial charge in [-0.1, -0.05) is 53.4 Å². The third-order valence-electron chi connectivity index (χ3n) is 3.17. The molecule has 0 atom stereocenters. The van der Waals surface area contributed by atoms with Gasteiger partial charge in [0.2, 0.25) is 0 Å². The Morgan fingerprint density at radius 3 is 2.54 bits per heavy atom. The SMILES string of the molecule is COc1ccccc1OCCSc1nn(-c2ccccc2)c(=S)s1. The number of aromatic nitrogens is 2. The van der Waals surface area contributed by atoms with Gasteiger partial charge in [-0.25, -0.2) is 4.68 Å². The Morgan fingerprint density at radius 2 is 1.79 bits per heavy atom. The van der Waals surface area contributed by atoms with Gasteiger partial charge in [0.15, 0.2) is 19.8 Å². The standard InChI is InChI=1S/C17H16N2O2S3/c1-20-14-9-5-6-10-15(14)21-11-12-23-16-18-19(17(22)24-16)13-7-3-2-4-8-13/h2-10H,11-12H2,1H3. The summed E-state index contributed by atoms with van der Waals surface area (Å²) in [7, 11) is 1.64. The molecule has 2 aromatic carbocycles. The van der Waals surface area contributed by atoms with Gasteiger partial charge in [0, 0.05) is 5.75 Å². The first-order chi connectivity index (χ1) is 11.8. The van der Waals surface area contributed by atoms with E-state index in [4.69, 9.17) is 21.7 Å². The van der Waals surface area contributed by atoms with Crippen molar-refractivity contribution in [3.63, 3.8) is 0 Å². The molecule has 24 heavy (non-hydrogen) atoms. The maximum atomic E-state index is 5.77. The predicted octanol–water partition coefficient (Wildman–Crippen LogP) is 4.84. The fraction of sp³-hybridized carbons (Fsp3) is 0.176. The van der Waals surface area contributed by atoms with Gasteiger partial charge in [0.05, 0.1) is 19.4 Å². The van der Waals surface area contributed by atoms with Gasteiger partial charge in [-0.05, 0) is 36.5 Å². The number of rotatable bonds is 7. The molecule has 0 aliphatic heterocycles. The molecular weight excluding hydrogens is 360 g/mol. The van der Waals surface area contributed by atoms with E-state index in [1.54, 1.807) is 23.6 Å². The van der Waals surface area contributed by atoms with Crippen molar-refractivity contribution in [1.82, 2.24) is 9.78 Å². The van der Waals surface area contributed by atoms with E-state index in [2.05, 4.69) is 5.10 Å². The number of nitrogens with zero attached hydrogens (tertiary/aromatic N) is 2. The van der Waals surface area contributed by atoms with E-state index in [-0.39, 0.29) is 0 Å². The van der Waals surface area contributed by atoms with Gasteiger partial charge >= 0.3 is 0 Å². The minimum absolute atomic E-state index is 0.572. The second-order valence-corrected chi connectivity index (χ2v) is 7.69. The lowest BCUT2D eigenvalue weighted by Crippen LogP contribution is -2.01. The second-order valence-electron chi connectivity index (χ2n) is 4.73. The van der Waals surface area contributed by atoms with E-state index in [0.717, 1.165) is 31.2 Å². The lowest BCUT2D eigenvalue weighted by atomic mass is 10.3. The van der Waals surface area contributed by atoms with Crippen LogP contribution in [0, 0.1) is 3.95 Å². The molecule has 0 bridgehead atoms. The van der Waals surface area contributed by atoms with Crippen LogP contribution in [0.5, 0.6) is 11.5 Å². The van der Waals surface area contributed by atoms with Crippen LogP contribution < -0.4 is 9.47 Å². The molecule has 0 radical (unpaired) electrons. The van der Waals surface area contributed by atoms with E-state index in [1.165, 1.54) is 11.3 Å². The molecule has 3 aromatic rings. The van der Waals surface area contributed by atoms with Crippen LogP contribution in [0.3, 0.4) is 0 Å². The van der Waals surface area contributed by atoms with Gasteiger partial charge < -0.3 is 9.47 Å². The van der Waals surface area contributed by atoms with Crippen LogP contribution in [0.1, 0.15) is 0 Å². The molecule has 0 fully saturated rings. The first-order valence-corrected chi connectivity index (χ1v) is 9.53. The van der Waals surface area contributed by atoms with Crippen molar-refractivity contribution in [3.8, 4) is 17.2 Å². The number of thioether (sulfide) groups is 1. The Balaban J connectivity index is 1.57. The normalized spacial score (nSPS) is 10.5. The van der Waals surface area contributed by atoms with Crippen LogP contribution in [-0.4, -0.2) is 29.3 Å². The Morgan fingerprint density at radius 1 is 1.08 bits per heavy atom. The summed E-state index contributed by atoms with van der Waals surface area (Å²) in [4.78, 5) is 0. The molecule has 0 N–H and O–H groups in total. The van der Waals surface area contributed by atoms with Crippen molar-refractivity contribution < 1.29 is 9.47 Å². The van der Waals surface area contributed by atoms with E-state index in [1.807, 2.05) is 54.6 Å². The van der Waals surface area contributed by atoms with Crippen molar-refractivity contribution in [1.29, 1.82) is 0 Å². The Kier molecular flexibility index (Phi) is 5.90. The molecule has 4 nitrogen and oxygen atoms in total. The summed E-state index contributed by atoms with van der Waals surface area (Å²) in [5.41, 5.74) is 0.982. The number of methoxy groups -OCH3 is 1. The molecule has 1 heterocycles. The van der Waals surface area contributed by atoms with E-state index in [9.17, 15) is 0 Å². The number of ether oxygens (including phenoxy) is 2. The Bertz CT molecular complexity index is 846. The molecule has 3 rings (SSSR count). The maximum absolute atomic E-state index is 5.77. The quantitative estimate of drug-likeness (QED) is 0.335. The van der Waals surface area contributed by atoms with Crippen LogP contribution in [0.4, 0.5) is 0 Å². The highest BCUT2D eigenvalue weighted by molar-refractivity contribution is 8.01. The van der Waals surface area contributed by atoms with Crippen LogP contribution in [0.15, 0.2) is 58.9 Å². The third-order valence-corrected chi connectivity index (χ3v) is 5.50. The van der Waals surface area contributed by atoms with Crippen LogP contribution in [0.25, 0.3) is 5.69 Å². The lowest BCUT2D eigenvalue weighted by Gasteiger charge is -2.09. The monoisotopic (exact) mass is 376 g/mol. The minimum atomic E-state index is 0.572. The fourth-order valence-electron chi connectivity index (χ4n) is 2.07. The van der Waals surface area contributed by atoms with Crippen molar-refractivity contribution in [2.24, 2.45) is 0 Å². The lowest BCUT2D eigenvalue weighted by molar-refractivity contribution is 0.313. The highest BCUT2D eigenvalue weighted by Gasteiger charge is 2.07. The van der Waals surface area contributed by atoms with Gasteiger partial charge in [-0.15, -0.1) is 5.10 Å². The van der Waals surface area contributed by atoms with Gasteiger partial charge in [0.25, 0.3) is 0 Å². The summed E-state index contributed by atoms with van der Waals surface area (Å²) >= 11 is 8.55. The zero-order valence-electron chi connectivity index (χ0n) is 13.0. The first kappa shape index (κ1) is 17.0. The van der Waals surface area contributed by atoms with E-state index >= 15 is 0 Å². The summed E-state index contributed by atoms with van der Waals surface area (Å²) in [6.45, 7) is 0.572. The van der Waals surface area contributed by atoms with Crippen molar-refractivity contribution in [3.05, 3.63) is 58.6 Å². The summed E-state index contributed by atoms with van der Waals surface area (Å²) in [5, 5.41) is 4.57. The second kappa shape index (κ2) is 8.32. The zero-order valence-corrected chi connectivity index (χ0v) is 15.5. The molecule has 0 aliphatic carbocycles. The smallest absolute Gasteiger partial charge is 0.184 e. The molecule has 0 aliphatic rings. The number of hydrogen-bond acceptors (Lipinski definition) is 6. The molecule has 0 saturated heterocycles. The summed E-state index contributed by atoms with van der Waals surface area (Å²) in [5.74, 6) is 2.28. The topological polar surface area (TPSA) is 36.3 Å². The van der Waals surface area contributed by atoms with E-state index in [0.29, 0.717) is 6.61 Å². The Hall–Kier alpha value is -1.83. The van der Waals surface area contributed by atoms with E-state index < -0.39 is 0 Å². The maximum Gasteiger partial charge on any atom is 0.184 e. The molecule has 0 unspecified atom stereocenters. The van der Waals surface area contributed by atoms with Crippen molar-refractivity contribution in [2.45, 2.75) is 4.34 Å². The minimum Gasteiger partial charge on any atom is -0.493 e. The average Bonchev–Trinajstić information content (AvgIpc) is 3.00. The summed E-state index contributed by atoms with van der Waals surface area (Å²) in [6, 6.07) is 17.6. The number of para-hydroxylation sites is 3. The summed E-state index contributed by atoms with van der Waals surface area (Å²) in [6.07, 6.45) is 0. The van der Waals surface area contributed by atoms with Crippen LogP contribution in [-0.2, 0) is 0 Å².